The Hall–Kier alpha value is -2.53. The Morgan fingerprint density at radius 3 is 2.24 bits per heavy atom. The minimum Gasteiger partial charge on any atom is -0.476 e. The molecule has 0 fully saturated rings. The lowest BCUT2D eigenvalue weighted by Crippen LogP contribution is -2.23. The van der Waals surface area contributed by atoms with E-state index in [-0.39, 0.29) is 5.04 Å². The summed E-state index contributed by atoms with van der Waals surface area (Å²) in [5.74, 6) is -1.02. The molecule has 0 spiro atoms. The molecule has 0 atom stereocenters. The van der Waals surface area contributed by atoms with Crippen LogP contribution >= 0.6 is 11.8 Å². The van der Waals surface area contributed by atoms with Gasteiger partial charge in [0.05, 0.1) is 11.4 Å². The third kappa shape index (κ3) is 2.83. The van der Waals surface area contributed by atoms with Gasteiger partial charge in [0.15, 0.2) is 0 Å². The quantitative estimate of drug-likeness (QED) is 0.939. The molecule has 0 aromatic heterocycles. The maximum Gasteiger partial charge on any atom is 0.363 e. The summed E-state index contributed by atoms with van der Waals surface area (Å²) >= 11 is 1.12. The van der Waals surface area contributed by atoms with Crippen LogP contribution in [0.15, 0.2) is 71.2 Å². The Labute approximate surface area is 126 Å². The first-order chi connectivity index (χ1) is 10.3. The molecule has 1 aliphatic heterocycles. The Kier molecular flexibility index (Phi) is 3.75. The van der Waals surface area contributed by atoms with Crippen LogP contribution in [-0.4, -0.2) is 16.1 Å². The van der Waals surface area contributed by atoms with E-state index in [9.17, 15) is 4.79 Å². The Morgan fingerprint density at radius 1 is 1.00 bits per heavy atom. The lowest BCUT2D eigenvalue weighted by atomic mass is 10.1. The van der Waals surface area contributed by atoms with E-state index >= 15 is 0 Å². The van der Waals surface area contributed by atoms with Crippen molar-refractivity contribution in [2.45, 2.75) is 0 Å². The standard InChI is InChI=1S/C16H12N2O2S/c19-16(20)15-17-18(13-9-5-2-6-10-13)14(11-21-15)12-7-3-1-4-8-12/h1-11H,(H,19,20). The Bertz CT molecular complexity index is 712. The van der Waals surface area contributed by atoms with Crippen LogP contribution in [0.5, 0.6) is 0 Å². The second-order valence-electron chi connectivity index (χ2n) is 4.34. The maximum atomic E-state index is 11.2. The van der Waals surface area contributed by atoms with E-state index in [4.69, 9.17) is 5.11 Å². The van der Waals surface area contributed by atoms with Gasteiger partial charge in [0, 0.05) is 11.0 Å². The summed E-state index contributed by atoms with van der Waals surface area (Å²) in [7, 11) is 0. The average Bonchev–Trinajstić information content (AvgIpc) is 2.56. The second kappa shape index (κ2) is 5.85. The summed E-state index contributed by atoms with van der Waals surface area (Å²) in [6.45, 7) is 0. The van der Waals surface area contributed by atoms with Crippen LogP contribution in [0.1, 0.15) is 5.56 Å². The predicted octanol–water partition coefficient (Wildman–Crippen LogP) is 3.64. The first-order valence-corrected chi connectivity index (χ1v) is 7.23. The highest BCUT2D eigenvalue weighted by Gasteiger charge is 2.22. The highest BCUT2D eigenvalue weighted by Crippen LogP contribution is 2.33. The molecular weight excluding hydrogens is 284 g/mol. The van der Waals surface area contributed by atoms with Crippen molar-refractivity contribution in [3.63, 3.8) is 0 Å². The normalized spacial score (nSPS) is 14.4. The molecule has 0 unspecified atom stereocenters. The van der Waals surface area contributed by atoms with Gasteiger partial charge in [-0.2, -0.15) is 5.10 Å². The molecular formula is C16H12N2O2S. The fourth-order valence-corrected chi connectivity index (χ4v) is 2.68. The topological polar surface area (TPSA) is 52.9 Å². The monoisotopic (exact) mass is 296 g/mol. The van der Waals surface area contributed by atoms with E-state index in [1.165, 1.54) is 0 Å². The third-order valence-corrected chi connectivity index (χ3v) is 3.78. The molecule has 5 heteroatoms. The number of anilines is 1. The van der Waals surface area contributed by atoms with Crippen LogP contribution in [0.3, 0.4) is 0 Å². The minimum absolute atomic E-state index is 0.0542. The van der Waals surface area contributed by atoms with Crippen LogP contribution in [0.4, 0.5) is 5.69 Å². The van der Waals surface area contributed by atoms with E-state index < -0.39 is 5.97 Å². The van der Waals surface area contributed by atoms with Gasteiger partial charge in [-0.25, -0.2) is 9.80 Å². The molecule has 0 saturated carbocycles. The molecule has 104 valence electrons. The maximum absolute atomic E-state index is 11.2. The van der Waals surface area contributed by atoms with Crippen molar-refractivity contribution in [1.29, 1.82) is 0 Å². The fourth-order valence-electron chi connectivity index (χ4n) is 1.99. The SMILES string of the molecule is O=C(O)C1=NN(c2ccccc2)C(c2ccccc2)=CS1. The highest BCUT2D eigenvalue weighted by molar-refractivity contribution is 8.18. The molecule has 0 amide bonds. The van der Waals surface area contributed by atoms with Crippen LogP contribution < -0.4 is 5.01 Å². The van der Waals surface area contributed by atoms with Crippen LogP contribution in [0.2, 0.25) is 0 Å². The molecule has 1 aliphatic rings. The number of thioether (sulfide) groups is 1. The summed E-state index contributed by atoms with van der Waals surface area (Å²) in [5.41, 5.74) is 2.67. The zero-order valence-corrected chi connectivity index (χ0v) is 11.8. The number of rotatable bonds is 3. The molecule has 21 heavy (non-hydrogen) atoms. The summed E-state index contributed by atoms with van der Waals surface area (Å²) < 4.78 is 0. The Balaban J connectivity index is 2.06. The smallest absolute Gasteiger partial charge is 0.363 e. The third-order valence-electron chi connectivity index (χ3n) is 2.95. The molecule has 3 rings (SSSR count). The number of hydrogen-bond acceptors (Lipinski definition) is 4. The lowest BCUT2D eigenvalue weighted by molar-refractivity contribution is -0.129. The van der Waals surface area contributed by atoms with E-state index in [0.717, 1.165) is 28.7 Å². The summed E-state index contributed by atoms with van der Waals surface area (Å²) in [6.07, 6.45) is 0. The number of carbonyl (C=O) groups is 1. The molecule has 0 radical (unpaired) electrons. The van der Waals surface area contributed by atoms with Gasteiger partial charge in [-0.1, -0.05) is 60.3 Å². The zero-order chi connectivity index (χ0) is 14.7. The number of hydrogen-bond donors (Lipinski definition) is 1. The molecule has 1 heterocycles. The molecule has 4 nitrogen and oxygen atoms in total. The molecule has 0 bridgehead atoms. The van der Waals surface area contributed by atoms with Crippen molar-refractivity contribution in [1.82, 2.24) is 0 Å². The predicted molar refractivity (Wildman–Crippen MR) is 86.0 cm³/mol. The van der Waals surface area contributed by atoms with Crippen molar-refractivity contribution in [2.75, 3.05) is 5.01 Å². The minimum atomic E-state index is -1.02. The number of para-hydroxylation sites is 1. The van der Waals surface area contributed by atoms with Crippen molar-refractivity contribution in [3.8, 4) is 0 Å². The van der Waals surface area contributed by atoms with E-state index in [1.54, 1.807) is 5.01 Å². The summed E-state index contributed by atoms with van der Waals surface area (Å²) in [4.78, 5) is 11.2. The second-order valence-corrected chi connectivity index (χ2v) is 5.20. The highest BCUT2D eigenvalue weighted by atomic mass is 32.2. The van der Waals surface area contributed by atoms with Gasteiger partial charge < -0.3 is 5.11 Å². The van der Waals surface area contributed by atoms with Gasteiger partial charge in [0.25, 0.3) is 0 Å². The van der Waals surface area contributed by atoms with Crippen LogP contribution in [0, 0.1) is 0 Å². The zero-order valence-electron chi connectivity index (χ0n) is 11.0. The number of aliphatic carboxylic acids is 1. The molecule has 2 aromatic carbocycles. The van der Waals surface area contributed by atoms with Crippen molar-refractivity contribution in [3.05, 3.63) is 71.6 Å². The number of benzene rings is 2. The molecule has 2 aromatic rings. The Morgan fingerprint density at radius 2 is 1.62 bits per heavy atom. The number of nitrogens with zero attached hydrogens (tertiary/aromatic N) is 2. The van der Waals surface area contributed by atoms with E-state index in [2.05, 4.69) is 5.10 Å². The van der Waals surface area contributed by atoms with E-state index in [1.807, 2.05) is 66.1 Å². The fraction of sp³-hybridized carbons (Fsp3) is 0. The van der Waals surface area contributed by atoms with Gasteiger partial charge in [-0.15, -0.1) is 0 Å². The molecule has 1 N–H and O–H groups in total. The first kappa shape index (κ1) is 13.5. The average molecular weight is 296 g/mol. The van der Waals surface area contributed by atoms with E-state index in [0.29, 0.717) is 0 Å². The largest absolute Gasteiger partial charge is 0.476 e. The van der Waals surface area contributed by atoms with Crippen molar-refractivity contribution < 1.29 is 9.90 Å². The number of carboxylic acid groups (broad SMARTS) is 1. The van der Waals surface area contributed by atoms with Gasteiger partial charge in [0.1, 0.15) is 0 Å². The summed E-state index contributed by atoms with van der Waals surface area (Å²) in [6, 6.07) is 19.3. The van der Waals surface area contributed by atoms with Gasteiger partial charge in [-0.05, 0) is 12.1 Å². The van der Waals surface area contributed by atoms with Crippen LogP contribution in [-0.2, 0) is 4.79 Å². The number of carboxylic acids is 1. The van der Waals surface area contributed by atoms with Crippen LogP contribution in [0.25, 0.3) is 5.70 Å². The van der Waals surface area contributed by atoms with Gasteiger partial charge in [0.2, 0.25) is 5.04 Å². The molecule has 0 saturated heterocycles. The summed E-state index contributed by atoms with van der Waals surface area (Å²) in [5, 5.41) is 16.9. The van der Waals surface area contributed by atoms with Gasteiger partial charge >= 0.3 is 5.97 Å². The van der Waals surface area contributed by atoms with Gasteiger partial charge in [-0.3, -0.25) is 0 Å². The molecule has 0 aliphatic carbocycles. The van der Waals surface area contributed by atoms with Crippen molar-refractivity contribution >= 4 is 34.2 Å². The lowest BCUT2D eigenvalue weighted by Gasteiger charge is -2.25. The van der Waals surface area contributed by atoms with Crippen molar-refractivity contribution in [2.24, 2.45) is 5.10 Å². The first-order valence-electron chi connectivity index (χ1n) is 6.35. The number of hydrazone groups is 1.